The summed E-state index contributed by atoms with van der Waals surface area (Å²) in [6.45, 7) is 6.26. The summed E-state index contributed by atoms with van der Waals surface area (Å²) in [5.41, 5.74) is 11.9. The van der Waals surface area contributed by atoms with Gasteiger partial charge in [0.2, 0.25) is 0 Å². The Labute approximate surface area is 126 Å². The van der Waals surface area contributed by atoms with E-state index in [0.717, 1.165) is 19.3 Å². The zero-order valence-corrected chi connectivity index (χ0v) is 13.4. The van der Waals surface area contributed by atoms with Gasteiger partial charge in [0, 0.05) is 0 Å². The van der Waals surface area contributed by atoms with E-state index in [-0.39, 0.29) is 6.04 Å². The van der Waals surface area contributed by atoms with Crippen LogP contribution in [0.25, 0.3) is 0 Å². The van der Waals surface area contributed by atoms with Gasteiger partial charge in [0.15, 0.2) is 11.6 Å². The van der Waals surface area contributed by atoms with Gasteiger partial charge in [-0.3, -0.25) is 0 Å². The molecule has 0 aromatic carbocycles. The quantitative estimate of drug-likeness (QED) is 0.682. The fraction of sp³-hybridized carbons (Fsp3) is 0.733. The van der Waals surface area contributed by atoms with E-state index in [1.165, 1.54) is 19.3 Å². The molecule has 0 aliphatic rings. The van der Waals surface area contributed by atoms with Gasteiger partial charge in [-0.25, -0.2) is 9.48 Å². The molecule has 0 aliphatic carbocycles. The molecule has 4 N–H and O–H groups in total. The molecular weight excluding hydrogens is 268 g/mol. The molecule has 1 aromatic heterocycles. The van der Waals surface area contributed by atoms with Gasteiger partial charge in [-0.15, -0.1) is 0 Å². The van der Waals surface area contributed by atoms with Gasteiger partial charge in [-0.1, -0.05) is 46.5 Å². The number of hydrogen-bond donors (Lipinski definition) is 2. The standard InChI is InChI=1S/C15H28N4O2/c1-4-7-8-9-10-11(5-2)19-14(16)13(21-15(17)20)12(6-3)18-19/h11H,4-10,16H2,1-3H3,(H2,17,20). The predicted molar refractivity (Wildman–Crippen MR) is 84.3 cm³/mol. The minimum Gasteiger partial charge on any atom is -0.405 e. The van der Waals surface area contributed by atoms with E-state index in [4.69, 9.17) is 16.2 Å². The van der Waals surface area contributed by atoms with Crippen molar-refractivity contribution < 1.29 is 9.53 Å². The van der Waals surface area contributed by atoms with E-state index in [2.05, 4.69) is 18.9 Å². The van der Waals surface area contributed by atoms with E-state index in [9.17, 15) is 4.79 Å². The second-order valence-corrected chi connectivity index (χ2v) is 5.29. The maximum Gasteiger partial charge on any atom is 0.410 e. The normalized spacial score (nSPS) is 12.3. The highest BCUT2D eigenvalue weighted by atomic mass is 16.5. The zero-order chi connectivity index (χ0) is 15.8. The largest absolute Gasteiger partial charge is 0.410 e. The van der Waals surface area contributed by atoms with Crippen LogP contribution in [-0.4, -0.2) is 15.9 Å². The number of ether oxygens (including phenoxy) is 1. The highest BCUT2D eigenvalue weighted by Crippen LogP contribution is 2.32. The fourth-order valence-electron chi connectivity index (χ4n) is 2.51. The molecule has 6 nitrogen and oxygen atoms in total. The molecule has 1 amide bonds. The second kappa shape index (κ2) is 8.54. The first-order chi connectivity index (χ1) is 10.0. The van der Waals surface area contributed by atoms with Crippen LogP contribution < -0.4 is 16.2 Å². The van der Waals surface area contributed by atoms with Crippen LogP contribution in [0.5, 0.6) is 5.75 Å². The average molecular weight is 296 g/mol. The minimum atomic E-state index is -0.855. The Hall–Kier alpha value is -1.72. The summed E-state index contributed by atoms with van der Waals surface area (Å²) in [5.74, 6) is 0.713. The molecule has 0 fully saturated rings. The first-order valence-electron chi connectivity index (χ1n) is 7.89. The Morgan fingerprint density at radius 2 is 2.00 bits per heavy atom. The Bertz CT molecular complexity index is 457. The number of nitrogens with two attached hydrogens (primary N) is 2. The third kappa shape index (κ3) is 4.65. The van der Waals surface area contributed by atoms with Gasteiger partial charge >= 0.3 is 6.09 Å². The number of amides is 1. The van der Waals surface area contributed by atoms with Gasteiger partial charge in [0.1, 0.15) is 5.69 Å². The number of primary amides is 1. The van der Waals surface area contributed by atoms with Crippen molar-refractivity contribution >= 4 is 11.9 Å². The van der Waals surface area contributed by atoms with E-state index >= 15 is 0 Å². The second-order valence-electron chi connectivity index (χ2n) is 5.29. The molecule has 1 aromatic rings. The Kier molecular flexibility index (Phi) is 7.05. The molecule has 0 spiro atoms. The molecule has 6 heteroatoms. The average Bonchev–Trinajstić information content (AvgIpc) is 2.76. The van der Waals surface area contributed by atoms with Crippen LogP contribution in [0.2, 0.25) is 0 Å². The lowest BCUT2D eigenvalue weighted by Crippen LogP contribution is -2.18. The van der Waals surface area contributed by atoms with Crippen molar-refractivity contribution in [1.29, 1.82) is 0 Å². The van der Waals surface area contributed by atoms with E-state index < -0.39 is 6.09 Å². The maximum absolute atomic E-state index is 11.0. The van der Waals surface area contributed by atoms with Crippen LogP contribution in [0.15, 0.2) is 0 Å². The smallest absolute Gasteiger partial charge is 0.405 e. The zero-order valence-electron chi connectivity index (χ0n) is 13.4. The molecule has 1 rings (SSSR count). The van der Waals surface area contributed by atoms with Crippen molar-refractivity contribution in [1.82, 2.24) is 9.78 Å². The van der Waals surface area contributed by atoms with Gasteiger partial charge in [0.05, 0.1) is 6.04 Å². The number of nitrogen functional groups attached to an aromatic ring is 1. The molecule has 120 valence electrons. The van der Waals surface area contributed by atoms with Crippen molar-refractivity contribution in [3.8, 4) is 5.75 Å². The van der Waals surface area contributed by atoms with E-state index in [1.807, 2.05) is 6.92 Å². The Balaban J connectivity index is 2.88. The van der Waals surface area contributed by atoms with Crippen LogP contribution in [0, 0.1) is 0 Å². The summed E-state index contributed by atoms with van der Waals surface area (Å²) in [6, 6.07) is 0.234. The minimum absolute atomic E-state index is 0.234. The topological polar surface area (TPSA) is 96.2 Å². The number of unbranched alkanes of at least 4 members (excludes halogenated alkanes) is 3. The summed E-state index contributed by atoms with van der Waals surface area (Å²) in [6.07, 6.45) is 6.61. The van der Waals surface area contributed by atoms with Gasteiger partial charge in [-0.05, 0) is 19.3 Å². The molecule has 0 saturated heterocycles. The molecule has 0 aliphatic heterocycles. The van der Waals surface area contributed by atoms with E-state index in [0.29, 0.717) is 23.7 Å². The highest BCUT2D eigenvalue weighted by Gasteiger charge is 2.22. The molecule has 0 bridgehead atoms. The van der Waals surface area contributed by atoms with Crippen LogP contribution >= 0.6 is 0 Å². The third-order valence-electron chi connectivity index (χ3n) is 3.72. The molecule has 0 saturated carbocycles. The van der Waals surface area contributed by atoms with Gasteiger partial charge in [-0.2, -0.15) is 5.10 Å². The molecule has 1 unspecified atom stereocenters. The first kappa shape index (κ1) is 17.3. The van der Waals surface area contributed by atoms with Crippen LogP contribution in [-0.2, 0) is 6.42 Å². The predicted octanol–water partition coefficient (Wildman–Crippen LogP) is 3.41. The number of rotatable bonds is 9. The van der Waals surface area contributed by atoms with Gasteiger partial charge in [0.25, 0.3) is 0 Å². The van der Waals surface area contributed by atoms with Crippen molar-refractivity contribution in [3.05, 3.63) is 5.69 Å². The summed E-state index contributed by atoms with van der Waals surface area (Å²) < 4.78 is 6.81. The molecular formula is C15H28N4O2. The Morgan fingerprint density at radius 1 is 1.29 bits per heavy atom. The number of carbonyl (C=O) groups excluding carboxylic acids is 1. The number of anilines is 1. The number of hydrogen-bond acceptors (Lipinski definition) is 4. The summed E-state index contributed by atoms with van der Waals surface area (Å²) in [7, 11) is 0. The Morgan fingerprint density at radius 3 is 2.52 bits per heavy atom. The molecule has 1 heterocycles. The lowest BCUT2D eigenvalue weighted by molar-refractivity contribution is 0.210. The number of aryl methyl sites for hydroxylation is 1. The fourth-order valence-corrected chi connectivity index (χ4v) is 2.51. The van der Waals surface area contributed by atoms with Crippen molar-refractivity contribution in [2.24, 2.45) is 5.73 Å². The number of nitrogens with zero attached hydrogens (tertiary/aromatic N) is 2. The van der Waals surface area contributed by atoms with Crippen molar-refractivity contribution in [2.75, 3.05) is 5.73 Å². The number of carbonyl (C=O) groups is 1. The number of aromatic nitrogens is 2. The maximum atomic E-state index is 11.0. The van der Waals surface area contributed by atoms with Crippen LogP contribution in [0.4, 0.5) is 10.6 Å². The molecule has 0 radical (unpaired) electrons. The van der Waals surface area contributed by atoms with Gasteiger partial charge < -0.3 is 16.2 Å². The highest BCUT2D eigenvalue weighted by molar-refractivity contribution is 5.71. The summed E-state index contributed by atoms with van der Waals surface area (Å²) >= 11 is 0. The SMILES string of the molecule is CCCCCCC(CC)n1nc(CC)c(OC(N)=O)c1N. The van der Waals surface area contributed by atoms with E-state index in [1.54, 1.807) is 4.68 Å². The monoisotopic (exact) mass is 296 g/mol. The molecule has 1 atom stereocenters. The van der Waals surface area contributed by atoms with Crippen molar-refractivity contribution in [3.63, 3.8) is 0 Å². The van der Waals surface area contributed by atoms with Crippen LogP contribution in [0.3, 0.4) is 0 Å². The lowest BCUT2D eigenvalue weighted by Gasteiger charge is -2.17. The van der Waals surface area contributed by atoms with Crippen LogP contribution in [0.1, 0.15) is 71.0 Å². The summed E-state index contributed by atoms with van der Waals surface area (Å²) in [4.78, 5) is 11.0. The molecule has 21 heavy (non-hydrogen) atoms. The van der Waals surface area contributed by atoms with Crippen molar-refractivity contribution in [2.45, 2.75) is 71.8 Å². The lowest BCUT2D eigenvalue weighted by atomic mass is 10.1. The summed E-state index contributed by atoms with van der Waals surface area (Å²) in [5, 5.41) is 4.51. The third-order valence-corrected chi connectivity index (χ3v) is 3.72. The first-order valence-corrected chi connectivity index (χ1v) is 7.89.